The van der Waals surface area contributed by atoms with E-state index in [0.29, 0.717) is 10.6 Å². The molecule has 4 heteroatoms. The Balaban J connectivity index is 2.02. The van der Waals surface area contributed by atoms with Gasteiger partial charge in [-0.3, -0.25) is 0 Å². The molecule has 3 nitrogen and oxygen atoms in total. The van der Waals surface area contributed by atoms with E-state index in [0.717, 1.165) is 37.7 Å². The Kier molecular flexibility index (Phi) is 4.46. The summed E-state index contributed by atoms with van der Waals surface area (Å²) in [6, 6.07) is 7.75. The van der Waals surface area contributed by atoms with Gasteiger partial charge in [-0.1, -0.05) is 11.6 Å². The van der Waals surface area contributed by atoms with Gasteiger partial charge in [0.1, 0.15) is 6.07 Å². The van der Waals surface area contributed by atoms with Gasteiger partial charge < -0.3 is 10.6 Å². The van der Waals surface area contributed by atoms with E-state index in [1.165, 1.54) is 12.8 Å². The predicted molar refractivity (Wildman–Crippen MR) is 74.8 cm³/mol. The lowest BCUT2D eigenvalue weighted by Gasteiger charge is -2.33. The highest BCUT2D eigenvalue weighted by Gasteiger charge is 2.19. The molecular formula is C14H18ClN3. The molecule has 1 heterocycles. The fourth-order valence-electron chi connectivity index (χ4n) is 2.51. The number of nitrogens with two attached hydrogens (primary N) is 1. The Morgan fingerprint density at radius 3 is 2.67 bits per heavy atom. The zero-order chi connectivity index (χ0) is 13.0. The second kappa shape index (κ2) is 6.08. The largest absolute Gasteiger partial charge is 0.371 e. The minimum atomic E-state index is 0.540. The molecule has 1 saturated heterocycles. The number of hydrogen-bond acceptors (Lipinski definition) is 3. The first-order valence-electron chi connectivity index (χ1n) is 6.39. The first-order valence-corrected chi connectivity index (χ1v) is 6.77. The molecule has 2 rings (SSSR count). The van der Waals surface area contributed by atoms with Gasteiger partial charge in [-0.25, -0.2) is 0 Å². The smallest absolute Gasteiger partial charge is 0.101 e. The maximum Gasteiger partial charge on any atom is 0.101 e. The lowest BCUT2D eigenvalue weighted by atomic mass is 9.93. The molecule has 0 saturated carbocycles. The van der Waals surface area contributed by atoms with Crippen LogP contribution in [0.2, 0.25) is 5.02 Å². The summed E-state index contributed by atoms with van der Waals surface area (Å²) in [6.45, 7) is 2.88. The van der Waals surface area contributed by atoms with Crippen LogP contribution in [0.1, 0.15) is 24.8 Å². The molecule has 0 atom stereocenters. The predicted octanol–water partition coefficient (Wildman–Crippen LogP) is 2.78. The van der Waals surface area contributed by atoms with Crippen LogP contribution < -0.4 is 10.6 Å². The number of halogens is 1. The molecule has 1 aliphatic rings. The van der Waals surface area contributed by atoms with E-state index in [1.807, 2.05) is 12.1 Å². The van der Waals surface area contributed by atoms with Gasteiger partial charge in [0.2, 0.25) is 0 Å². The molecule has 0 unspecified atom stereocenters. The molecule has 0 amide bonds. The number of benzene rings is 1. The Hall–Kier alpha value is -1.24. The molecule has 1 aliphatic heterocycles. The van der Waals surface area contributed by atoms with Gasteiger partial charge in [-0.15, -0.1) is 0 Å². The van der Waals surface area contributed by atoms with E-state index in [4.69, 9.17) is 22.6 Å². The van der Waals surface area contributed by atoms with Crippen molar-refractivity contribution in [2.24, 2.45) is 11.7 Å². The standard InChI is InChI=1S/C14H18ClN3/c15-14-9-13(2-1-12(14)10-17)18-7-4-11(3-6-16)5-8-18/h1-2,9,11H,3-8,16H2. The monoisotopic (exact) mass is 263 g/mol. The highest BCUT2D eigenvalue weighted by atomic mass is 35.5. The van der Waals surface area contributed by atoms with E-state index < -0.39 is 0 Å². The number of piperidine rings is 1. The third-order valence-electron chi connectivity index (χ3n) is 3.63. The van der Waals surface area contributed by atoms with Crippen LogP contribution in [0.25, 0.3) is 0 Å². The summed E-state index contributed by atoms with van der Waals surface area (Å²) in [5.41, 5.74) is 7.25. The molecule has 0 aromatic heterocycles. The van der Waals surface area contributed by atoms with Gasteiger partial charge in [-0.05, 0) is 49.9 Å². The molecule has 0 spiro atoms. The summed E-state index contributed by atoms with van der Waals surface area (Å²) in [6.07, 6.45) is 3.51. The van der Waals surface area contributed by atoms with Crippen LogP contribution in [-0.4, -0.2) is 19.6 Å². The third kappa shape index (κ3) is 2.95. The summed E-state index contributed by atoms with van der Waals surface area (Å²) in [4.78, 5) is 2.33. The molecular weight excluding hydrogens is 246 g/mol. The van der Waals surface area contributed by atoms with Crippen molar-refractivity contribution in [1.82, 2.24) is 0 Å². The van der Waals surface area contributed by atoms with Crippen LogP contribution in [0.15, 0.2) is 18.2 Å². The average Bonchev–Trinajstić information content (AvgIpc) is 2.40. The number of anilines is 1. The lowest BCUT2D eigenvalue weighted by molar-refractivity contribution is 0.386. The number of hydrogen-bond donors (Lipinski definition) is 1. The Morgan fingerprint density at radius 2 is 2.11 bits per heavy atom. The Morgan fingerprint density at radius 1 is 1.39 bits per heavy atom. The molecule has 18 heavy (non-hydrogen) atoms. The maximum absolute atomic E-state index is 8.85. The quantitative estimate of drug-likeness (QED) is 0.912. The van der Waals surface area contributed by atoms with Gasteiger partial charge in [0.15, 0.2) is 0 Å². The van der Waals surface area contributed by atoms with E-state index in [2.05, 4.69) is 11.0 Å². The number of nitrogens with zero attached hydrogens (tertiary/aromatic N) is 2. The van der Waals surface area contributed by atoms with Gasteiger partial charge in [0.05, 0.1) is 10.6 Å². The zero-order valence-electron chi connectivity index (χ0n) is 10.4. The molecule has 1 fully saturated rings. The van der Waals surface area contributed by atoms with Crippen LogP contribution in [0.5, 0.6) is 0 Å². The van der Waals surface area contributed by atoms with Crippen LogP contribution in [0.4, 0.5) is 5.69 Å². The second-order valence-corrected chi connectivity index (χ2v) is 5.19. The zero-order valence-corrected chi connectivity index (χ0v) is 11.2. The summed E-state index contributed by atoms with van der Waals surface area (Å²) >= 11 is 6.06. The Labute approximate surface area is 113 Å². The van der Waals surface area contributed by atoms with E-state index in [-0.39, 0.29) is 0 Å². The van der Waals surface area contributed by atoms with Crippen LogP contribution >= 0.6 is 11.6 Å². The van der Waals surface area contributed by atoms with Crippen molar-refractivity contribution in [3.05, 3.63) is 28.8 Å². The molecule has 0 radical (unpaired) electrons. The molecule has 96 valence electrons. The van der Waals surface area contributed by atoms with Crippen LogP contribution in [0, 0.1) is 17.2 Å². The number of rotatable bonds is 3. The molecule has 1 aromatic rings. The van der Waals surface area contributed by atoms with Crippen molar-refractivity contribution < 1.29 is 0 Å². The maximum atomic E-state index is 8.85. The van der Waals surface area contributed by atoms with Crippen LogP contribution in [0.3, 0.4) is 0 Å². The minimum absolute atomic E-state index is 0.540. The fraction of sp³-hybridized carbons (Fsp3) is 0.500. The molecule has 0 bridgehead atoms. The van der Waals surface area contributed by atoms with Gasteiger partial charge in [0.25, 0.3) is 0 Å². The normalized spacial score (nSPS) is 16.6. The summed E-state index contributed by atoms with van der Waals surface area (Å²) in [5.74, 6) is 0.764. The van der Waals surface area contributed by atoms with Gasteiger partial charge >= 0.3 is 0 Å². The van der Waals surface area contributed by atoms with E-state index in [1.54, 1.807) is 6.07 Å². The van der Waals surface area contributed by atoms with E-state index >= 15 is 0 Å². The van der Waals surface area contributed by atoms with Crippen molar-refractivity contribution in [2.75, 3.05) is 24.5 Å². The van der Waals surface area contributed by atoms with Crippen LogP contribution in [-0.2, 0) is 0 Å². The van der Waals surface area contributed by atoms with Crippen molar-refractivity contribution in [3.8, 4) is 6.07 Å². The first kappa shape index (κ1) is 13.2. The van der Waals surface area contributed by atoms with Crippen molar-refractivity contribution in [2.45, 2.75) is 19.3 Å². The highest BCUT2D eigenvalue weighted by molar-refractivity contribution is 6.32. The third-order valence-corrected chi connectivity index (χ3v) is 3.94. The van der Waals surface area contributed by atoms with E-state index in [9.17, 15) is 0 Å². The van der Waals surface area contributed by atoms with Crippen molar-refractivity contribution in [1.29, 1.82) is 5.26 Å². The molecule has 1 aromatic carbocycles. The first-order chi connectivity index (χ1) is 8.74. The second-order valence-electron chi connectivity index (χ2n) is 4.78. The summed E-state index contributed by atoms with van der Waals surface area (Å²) in [7, 11) is 0. The molecule has 2 N–H and O–H groups in total. The van der Waals surface area contributed by atoms with Crippen molar-refractivity contribution in [3.63, 3.8) is 0 Å². The van der Waals surface area contributed by atoms with Gasteiger partial charge in [-0.2, -0.15) is 5.26 Å². The summed E-state index contributed by atoms with van der Waals surface area (Å²) < 4.78 is 0. The summed E-state index contributed by atoms with van der Waals surface area (Å²) in [5, 5.41) is 9.39. The highest BCUT2D eigenvalue weighted by Crippen LogP contribution is 2.28. The molecule has 0 aliphatic carbocycles. The lowest BCUT2D eigenvalue weighted by Crippen LogP contribution is -2.34. The SMILES string of the molecule is N#Cc1ccc(N2CCC(CCN)CC2)cc1Cl. The average molecular weight is 264 g/mol. The minimum Gasteiger partial charge on any atom is -0.371 e. The number of nitriles is 1. The van der Waals surface area contributed by atoms with Crippen molar-refractivity contribution >= 4 is 17.3 Å². The van der Waals surface area contributed by atoms with Gasteiger partial charge in [0, 0.05) is 18.8 Å². The topological polar surface area (TPSA) is 53.0 Å². The fourth-order valence-corrected chi connectivity index (χ4v) is 2.72. The Bertz CT molecular complexity index is 445.